The Hall–Kier alpha value is -2.75. The number of carbonyl (C=O) groups is 1. The van der Waals surface area contributed by atoms with Crippen LogP contribution in [0.25, 0.3) is 10.9 Å². The fourth-order valence-corrected chi connectivity index (χ4v) is 3.33. The molecule has 122 valence electrons. The molecule has 0 unspecified atom stereocenters. The van der Waals surface area contributed by atoms with Crippen LogP contribution in [-0.2, 0) is 11.2 Å². The standard InChI is InChI=1S/C20H20N2O2/c23-20(17-10-12-24-19-8-4-2-6-16(17)19)21-11-9-15-13-14-5-1-3-7-18(14)22-15/h1-8,13,17,22H,9-12H2,(H,21,23)/t17-/m1/s1. The van der Waals surface area contributed by atoms with Crippen LogP contribution in [-0.4, -0.2) is 24.0 Å². The highest BCUT2D eigenvalue weighted by atomic mass is 16.5. The molecular weight excluding hydrogens is 300 g/mol. The molecule has 0 fully saturated rings. The summed E-state index contributed by atoms with van der Waals surface area (Å²) in [5.41, 5.74) is 3.27. The van der Waals surface area contributed by atoms with Gasteiger partial charge in [-0.25, -0.2) is 0 Å². The first kappa shape index (κ1) is 14.8. The predicted molar refractivity (Wildman–Crippen MR) is 94.3 cm³/mol. The Labute approximate surface area is 140 Å². The topological polar surface area (TPSA) is 54.1 Å². The number of ether oxygens (including phenoxy) is 1. The SMILES string of the molecule is O=C(NCCc1cc2ccccc2[nH]1)[C@@H]1CCOc2ccccc21. The van der Waals surface area contributed by atoms with Crippen molar-refractivity contribution in [3.8, 4) is 5.75 Å². The maximum Gasteiger partial charge on any atom is 0.227 e. The van der Waals surface area contributed by atoms with Crippen LogP contribution in [0, 0.1) is 0 Å². The molecule has 4 rings (SSSR count). The molecule has 3 aromatic rings. The van der Waals surface area contributed by atoms with Crippen molar-refractivity contribution in [1.29, 1.82) is 0 Å². The van der Waals surface area contributed by atoms with Gasteiger partial charge in [-0.15, -0.1) is 0 Å². The summed E-state index contributed by atoms with van der Waals surface area (Å²) in [6, 6.07) is 18.2. The summed E-state index contributed by atoms with van der Waals surface area (Å²) in [5, 5.41) is 4.28. The minimum Gasteiger partial charge on any atom is -0.493 e. The van der Waals surface area contributed by atoms with Crippen LogP contribution < -0.4 is 10.1 Å². The number of amides is 1. The monoisotopic (exact) mass is 320 g/mol. The van der Waals surface area contributed by atoms with E-state index in [2.05, 4.69) is 28.5 Å². The van der Waals surface area contributed by atoms with E-state index in [1.54, 1.807) is 0 Å². The zero-order chi connectivity index (χ0) is 16.4. The van der Waals surface area contributed by atoms with Gasteiger partial charge < -0.3 is 15.0 Å². The third kappa shape index (κ3) is 2.87. The third-order valence-corrected chi connectivity index (χ3v) is 4.55. The zero-order valence-corrected chi connectivity index (χ0v) is 13.4. The minimum atomic E-state index is -0.113. The van der Waals surface area contributed by atoms with Crippen molar-refractivity contribution in [1.82, 2.24) is 10.3 Å². The van der Waals surface area contributed by atoms with Gasteiger partial charge in [0.25, 0.3) is 0 Å². The first-order chi connectivity index (χ1) is 11.8. The predicted octanol–water partition coefficient (Wildman–Crippen LogP) is 3.39. The van der Waals surface area contributed by atoms with E-state index in [0.29, 0.717) is 13.2 Å². The van der Waals surface area contributed by atoms with Gasteiger partial charge in [0, 0.05) is 29.7 Å². The summed E-state index contributed by atoms with van der Waals surface area (Å²) in [6.07, 6.45) is 1.53. The lowest BCUT2D eigenvalue weighted by atomic mass is 9.92. The molecule has 0 saturated carbocycles. The Morgan fingerprint density at radius 1 is 1.17 bits per heavy atom. The van der Waals surface area contributed by atoms with E-state index < -0.39 is 0 Å². The van der Waals surface area contributed by atoms with Gasteiger partial charge >= 0.3 is 0 Å². The highest BCUT2D eigenvalue weighted by Crippen LogP contribution is 2.33. The summed E-state index contributed by atoms with van der Waals surface area (Å²) in [4.78, 5) is 15.9. The number of H-pyrrole nitrogens is 1. The molecule has 24 heavy (non-hydrogen) atoms. The van der Waals surface area contributed by atoms with Crippen molar-refractivity contribution in [2.24, 2.45) is 0 Å². The van der Waals surface area contributed by atoms with Gasteiger partial charge in [0.05, 0.1) is 12.5 Å². The lowest BCUT2D eigenvalue weighted by Gasteiger charge is -2.25. The molecule has 2 aromatic carbocycles. The fraction of sp³-hybridized carbons (Fsp3) is 0.250. The summed E-state index contributed by atoms with van der Waals surface area (Å²) in [6.45, 7) is 1.22. The van der Waals surface area contributed by atoms with Crippen LogP contribution in [0.1, 0.15) is 23.6 Å². The van der Waals surface area contributed by atoms with Gasteiger partial charge in [-0.3, -0.25) is 4.79 Å². The Balaban J connectivity index is 1.39. The van der Waals surface area contributed by atoms with Crippen molar-refractivity contribution in [2.45, 2.75) is 18.8 Å². The first-order valence-corrected chi connectivity index (χ1v) is 8.37. The first-order valence-electron chi connectivity index (χ1n) is 8.37. The van der Waals surface area contributed by atoms with Crippen LogP contribution in [0.15, 0.2) is 54.6 Å². The third-order valence-electron chi connectivity index (χ3n) is 4.55. The average Bonchev–Trinajstić information content (AvgIpc) is 3.04. The largest absolute Gasteiger partial charge is 0.493 e. The van der Waals surface area contributed by atoms with Crippen LogP contribution in [0.4, 0.5) is 0 Å². The number of hydrogen-bond donors (Lipinski definition) is 2. The van der Waals surface area contributed by atoms with Crippen LogP contribution in [0.3, 0.4) is 0 Å². The quantitative estimate of drug-likeness (QED) is 0.774. The lowest BCUT2D eigenvalue weighted by Crippen LogP contribution is -2.33. The Morgan fingerprint density at radius 2 is 2.00 bits per heavy atom. The second-order valence-electron chi connectivity index (χ2n) is 6.15. The van der Waals surface area contributed by atoms with E-state index in [4.69, 9.17) is 4.74 Å². The number of rotatable bonds is 4. The zero-order valence-electron chi connectivity index (χ0n) is 13.4. The normalized spacial score (nSPS) is 16.4. The summed E-state index contributed by atoms with van der Waals surface area (Å²) in [7, 11) is 0. The number of benzene rings is 2. The van der Waals surface area contributed by atoms with Crippen molar-refractivity contribution in [3.05, 3.63) is 65.9 Å². The van der Waals surface area contributed by atoms with E-state index >= 15 is 0 Å². The molecule has 1 atom stereocenters. The molecule has 1 amide bonds. The maximum absolute atomic E-state index is 12.5. The van der Waals surface area contributed by atoms with Crippen LogP contribution in [0.5, 0.6) is 5.75 Å². The highest BCUT2D eigenvalue weighted by molar-refractivity contribution is 5.85. The number of nitrogens with one attached hydrogen (secondary N) is 2. The molecule has 1 aromatic heterocycles. The van der Waals surface area contributed by atoms with Gasteiger partial charge in [-0.05, 0) is 30.0 Å². The molecule has 0 saturated heterocycles. The van der Waals surface area contributed by atoms with E-state index in [0.717, 1.165) is 35.4 Å². The lowest BCUT2D eigenvalue weighted by molar-refractivity contribution is -0.123. The molecule has 1 aliphatic rings. The molecule has 0 aliphatic carbocycles. The number of carbonyl (C=O) groups excluding carboxylic acids is 1. The second-order valence-corrected chi connectivity index (χ2v) is 6.15. The molecule has 4 nitrogen and oxygen atoms in total. The van der Waals surface area contributed by atoms with E-state index in [1.165, 1.54) is 5.39 Å². The molecule has 0 bridgehead atoms. The van der Waals surface area contributed by atoms with Gasteiger partial charge in [-0.1, -0.05) is 36.4 Å². The maximum atomic E-state index is 12.5. The van der Waals surface area contributed by atoms with Crippen LogP contribution in [0.2, 0.25) is 0 Å². The highest BCUT2D eigenvalue weighted by Gasteiger charge is 2.26. The van der Waals surface area contributed by atoms with Gasteiger partial charge in [0.2, 0.25) is 5.91 Å². The number of hydrogen-bond acceptors (Lipinski definition) is 2. The summed E-state index contributed by atoms with van der Waals surface area (Å²) in [5.74, 6) is 0.805. The van der Waals surface area contributed by atoms with Crippen molar-refractivity contribution < 1.29 is 9.53 Å². The number of aromatic nitrogens is 1. The number of aromatic amines is 1. The molecule has 1 aliphatic heterocycles. The molecular formula is C20H20N2O2. The van der Waals surface area contributed by atoms with Gasteiger partial charge in [-0.2, -0.15) is 0 Å². The van der Waals surface area contributed by atoms with Crippen molar-refractivity contribution >= 4 is 16.8 Å². The van der Waals surface area contributed by atoms with E-state index in [-0.39, 0.29) is 11.8 Å². The molecule has 4 heteroatoms. The number of fused-ring (bicyclic) bond motifs is 2. The second kappa shape index (κ2) is 6.40. The van der Waals surface area contributed by atoms with E-state index in [1.807, 2.05) is 36.4 Å². The van der Waals surface area contributed by atoms with E-state index in [9.17, 15) is 4.79 Å². The molecule has 0 radical (unpaired) electrons. The fourth-order valence-electron chi connectivity index (χ4n) is 3.33. The smallest absolute Gasteiger partial charge is 0.227 e. The van der Waals surface area contributed by atoms with Gasteiger partial charge in [0.1, 0.15) is 5.75 Å². The molecule has 0 spiro atoms. The average molecular weight is 320 g/mol. The Kier molecular flexibility index (Phi) is 3.95. The Morgan fingerprint density at radius 3 is 2.92 bits per heavy atom. The molecule has 2 N–H and O–H groups in total. The van der Waals surface area contributed by atoms with Crippen LogP contribution >= 0.6 is 0 Å². The van der Waals surface area contributed by atoms with Crippen molar-refractivity contribution in [3.63, 3.8) is 0 Å². The van der Waals surface area contributed by atoms with Gasteiger partial charge in [0.15, 0.2) is 0 Å². The summed E-state index contributed by atoms with van der Waals surface area (Å²) < 4.78 is 5.63. The minimum absolute atomic E-state index is 0.0851. The number of para-hydroxylation sites is 2. The Bertz CT molecular complexity index is 836. The molecule has 2 heterocycles. The summed E-state index contributed by atoms with van der Waals surface area (Å²) >= 11 is 0. The van der Waals surface area contributed by atoms with Crippen molar-refractivity contribution in [2.75, 3.05) is 13.2 Å².